The van der Waals surface area contributed by atoms with Gasteiger partial charge in [-0.15, -0.1) is 0 Å². The van der Waals surface area contributed by atoms with Crippen LogP contribution in [-0.2, 0) is 9.31 Å². The van der Waals surface area contributed by atoms with Gasteiger partial charge in [-0.05, 0) is 39.8 Å². The van der Waals surface area contributed by atoms with Gasteiger partial charge in [0.1, 0.15) is 5.69 Å². The molecule has 1 aromatic rings. The summed E-state index contributed by atoms with van der Waals surface area (Å²) in [7, 11) is -0.686. The summed E-state index contributed by atoms with van der Waals surface area (Å²) in [6, 6.07) is 2.65. The predicted molar refractivity (Wildman–Crippen MR) is 65.3 cm³/mol. The lowest BCUT2D eigenvalue weighted by molar-refractivity contribution is 0.00578. The molecule has 1 aliphatic rings. The summed E-state index contributed by atoms with van der Waals surface area (Å²) in [4.78, 5) is 14.6. The van der Waals surface area contributed by atoms with Crippen LogP contribution in [0.2, 0.25) is 0 Å². The molecule has 2 heterocycles. The fourth-order valence-electron chi connectivity index (χ4n) is 1.65. The lowest BCUT2D eigenvalue weighted by atomic mass is 9.84. The lowest BCUT2D eigenvalue weighted by Gasteiger charge is -2.32. The summed E-state index contributed by atoms with van der Waals surface area (Å²) in [6.45, 7) is 7.66. The van der Waals surface area contributed by atoms with Crippen molar-refractivity contribution in [3.63, 3.8) is 0 Å². The van der Waals surface area contributed by atoms with E-state index in [0.717, 1.165) is 0 Å². The van der Waals surface area contributed by atoms with Crippen LogP contribution in [0.5, 0.6) is 0 Å². The van der Waals surface area contributed by atoms with Crippen LogP contribution in [0.3, 0.4) is 0 Å². The van der Waals surface area contributed by atoms with Gasteiger partial charge in [0.05, 0.1) is 16.8 Å². The molecule has 1 saturated heterocycles. The number of rotatable bonds is 2. The van der Waals surface area contributed by atoms with Crippen molar-refractivity contribution < 1.29 is 18.5 Å². The van der Waals surface area contributed by atoms with Crippen molar-refractivity contribution in [1.29, 1.82) is 0 Å². The molecular weight excluding hydrogens is 236 g/mol. The zero-order chi connectivity index (χ0) is 13.6. The first-order chi connectivity index (χ1) is 8.27. The Balaban J connectivity index is 2.32. The van der Waals surface area contributed by atoms with Gasteiger partial charge in [0, 0.05) is 0 Å². The highest BCUT2D eigenvalue weighted by atomic mass is 19.1. The summed E-state index contributed by atoms with van der Waals surface area (Å²) in [5, 5.41) is 0. The maximum absolute atomic E-state index is 13.2. The van der Waals surface area contributed by atoms with E-state index in [1.165, 1.54) is 12.1 Å². The molecule has 4 nitrogen and oxygen atoms in total. The second kappa shape index (κ2) is 4.14. The molecule has 0 spiro atoms. The van der Waals surface area contributed by atoms with Crippen molar-refractivity contribution in [1.82, 2.24) is 4.98 Å². The van der Waals surface area contributed by atoms with E-state index < -0.39 is 24.1 Å². The van der Waals surface area contributed by atoms with Crippen molar-refractivity contribution in [3.05, 3.63) is 23.6 Å². The molecule has 0 radical (unpaired) electrons. The molecule has 1 aliphatic heterocycles. The van der Waals surface area contributed by atoms with Gasteiger partial charge in [0.2, 0.25) is 0 Å². The zero-order valence-electron chi connectivity index (χ0n) is 10.9. The van der Waals surface area contributed by atoms with Crippen molar-refractivity contribution in [2.24, 2.45) is 0 Å². The molecule has 0 aliphatic carbocycles. The fourth-order valence-corrected chi connectivity index (χ4v) is 1.65. The summed E-state index contributed by atoms with van der Waals surface area (Å²) >= 11 is 0. The standard InChI is InChI=1S/C12H15BFNO3/c1-11(2)12(3,4)18-13(17-11)10-6-5-8(14)9(7-16)15-10/h5-7H,1-4H3. The van der Waals surface area contributed by atoms with Gasteiger partial charge in [-0.1, -0.05) is 0 Å². The Labute approximate surface area is 106 Å². The van der Waals surface area contributed by atoms with Gasteiger partial charge in [0.25, 0.3) is 0 Å². The molecule has 6 heteroatoms. The molecule has 1 aromatic heterocycles. The Bertz CT molecular complexity index is 474. The van der Waals surface area contributed by atoms with E-state index in [2.05, 4.69) is 4.98 Å². The Hall–Kier alpha value is -1.27. The van der Waals surface area contributed by atoms with E-state index in [4.69, 9.17) is 9.31 Å². The highest BCUT2D eigenvalue weighted by Crippen LogP contribution is 2.36. The van der Waals surface area contributed by atoms with Gasteiger partial charge in [-0.2, -0.15) is 0 Å². The van der Waals surface area contributed by atoms with Gasteiger partial charge >= 0.3 is 7.12 Å². The van der Waals surface area contributed by atoms with Crippen molar-refractivity contribution in [2.45, 2.75) is 38.9 Å². The molecule has 0 N–H and O–H groups in total. The van der Waals surface area contributed by atoms with Gasteiger partial charge in [-0.3, -0.25) is 9.78 Å². The largest absolute Gasteiger partial charge is 0.514 e. The van der Waals surface area contributed by atoms with Crippen molar-refractivity contribution in [3.8, 4) is 0 Å². The molecule has 1 fully saturated rings. The topological polar surface area (TPSA) is 48.4 Å². The first-order valence-electron chi connectivity index (χ1n) is 5.74. The number of nitrogens with zero attached hydrogens (tertiary/aromatic N) is 1. The first kappa shape index (κ1) is 13.2. The van der Waals surface area contributed by atoms with Crippen LogP contribution >= 0.6 is 0 Å². The number of pyridine rings is 1. The third kappa shape index (κ3) is 2.06. The average molecular weight is 251 g/mol. The Kier molecular flexibility index (Phi) is 3.03. The van der Waals surface area contributed by atoms with Crippen LogP contribution in [0, 0.1) is 5.82 Å². The highest BCUT2D eigenvalue weighted by Gasteiger charge is 2.52. The number of aldehydes is 1. The monoisotopic (exact) mass is 251 g/mol. The van der Waals surface area contributed by atoms with Crippen LogP contribution in [0.1, 0.15) is 38.2 Å². The minimum atomic E-state index is -0.686. The Morgan fingerprint density at radius 3 is 2.28 bits per heavy atom. The highest BCUT2D eigenvalue weighted by molar-refractivity contribution is 6.61. The Morgan fingerprint density at radius 2 is 1.78 bits per heavy atom. The summed E-state index contributed by atoms with van der Waals surface area (Å²) in [6.07, 6.45) is 0.379. The second-order valence-corrected chi connectivity index (χ2v) is 5.31. The molecule has 0 atom stereocenters. The van der Waals surface area contributed by atoms with Crippen LogP contribution in [0.25, 0.3) is 0 Å². The number of hydrogen-bond acceptors (Lipinski definition) is 4. The van der Waals surface area contributed by atoms with E-state index >= 15 is 0 Å². The quantitative estimate of drug-likeness (QED) is 0.587. The van der Waals surface area contributed by atoms with Crippen molar-refractivity contribution in [2.75, 3.05) is 0 Å². The number of aromatic nitrogens is 1. The fraction of sp³-hybridized carbons (Fsp3) is 0.500. The smallest absolute Gasteiger partial charge is 0.398 e. The number of hydrogen-bond donors (Lipinski definition) is 0. The van der Waals surface area contributed by atoms with Gasteiger partial charge in [-0.25, -0.2) is 4.39 Å². The maximum Gasteiger partial charge on any atom is 0.514 e. The molecule has 18 heavy (non-hydrogen) atoms. The number of carbonyl (C=O) groups is 1. The second-order valence-electron chi connectivity index (χ2n) is 5.31. The van der Waals surface area contributed by atoms with Crippen LogP contribution < -0.4 is 5.59 Å². The van der Waals surface area contributed by atoms with Crippen LogP contribution in [0.15, 0.2) is 12.1 Å². The van der Waals surface area contributed by atoms with Crippen LogP contribution in [-0.4, -0.2) is 29.6 Å². The van der Waals surface area contributed by atoms with E-state index in [-0.39, 0.29) is 5.69 Å². The molecular formula is C12H15BFNO3. The van der Waals surface area contributed by atoms with E-state index in [0.29, 0.717) is 11.9 Å². The van der Waals surface area contributed by atoms with E-state index in [1.807, 2.05) is 27.7 Å². The molecule has 0 amide bonds. The third-order valence-electron chi connectivity index (χ3n) is 3.50. The van der Waals surface area contributed by atoms with Gasteiger partial charge in [0.15, 0.2) is 12.1 Å². The molecule has 0 saturated carbocycles. The third-order valence-corrected chi connectivity index (χ3v) is 3.50. The number of halogens is 1. The van der Waals surface area contributed by atoms with Crippen LogP contribution in [0.4, 0.5) is 4.39 Å². The minimum absolute atomic E-state index is 0.234. The molecule has 0 aromatic carbocycles. The minimum Gasteiger partial charge on any atom is -0.398 e. The molecule has 0 unspecified atom stereocenters. The first-order valence-corrected chi connectivity index (χ1v) is 5.74. The van der Waals surface area contributed by atoms with E-state index in [1.54, 1.807) is 0 Å². The van der Waals surface area contributed by atoms with Gasteiger partial charge < -0.3 is 9.31 Å². The Morgan fingerprint density at radius 1 is 1.22 bits per heavy atom. The van der Waals surface area contributed by atoms with Crippen molar-refractivity contribution >= 4 is 19.0 Å². The zero-order valence-corrected chi connectivity index (χ0v) is 10.9. The number of carbonyl (C=O) groups excluding carboxylic acids is 1. The van der Waals surface area contributed by atoms with E-state index in [9.17, 15) is 9.18 Å². The normalized spacial score (nSPS) is 21.1. The predicted octanol–water partition coefficient (Wildman–Crippen LogP) is 1.33. The average Bonchev–Trinajstić information content (AvgIpc) is 2.49. The molecule has 96 valence electrons. The summed E-state index contributed by atoms with van der Waals surface area (Å²) in [5.41, 5.74) is -0.816. The molecule has 2 rings (SSSR count). The maximum atomic E-state index is 13.2. The SMILES string of the molecule is CC1(C)OB(c2ccc(F)c(C=O)n2)OC1(C)C. The summed E-state index contributed by atoms with van der Waals surface area (Å²) < 4.78 is 24.7. The summed E-state index contributed by atoms with van der Waals surface area (Å²) in [5.74, 6) is -0.648. The molecule has 0 bridgehead atoms. The lowest BCUT2D eigenvalue weighted by Crippen LogP contribution is -2.41.